The Morgan fingerprint density at radius 3 is 2.60 bits per heavy atom. The first-order valence-corrected chi connectivity index (χ1v) is 3.77. The minimum absolute atomic E-state index is 0.401. The van der Waals surface area contributed by atoms with Crippen molar-refractivity contribution >= 4 is 17.3 Å². The van der Waals surface area contributed by atoms with Crippen LogP contribution in [0.25, 0.3) is 0 Å². The van der Waals surface area contributed by atoms with E-state index in [-0.39, 0.29) is 0 Å². The lowest BCUT2D eigenvalue weighted by Crippen LogP contribution is -2.44. The lowest BCUT2D eigenvalue weighted by atomic mass is 10.3. The van der Waals surface area contributed by atoms with Crippen LogP contribution in [-0.4, -0.2) is 23.2 Å². The third-order valence-corrected chi connectivity index (χ3v) is 1.71. The highest BCUT2D eigenvalue weighted by Gasteiger charge is 2.01. The van der Waals surface area contributed by atoms with E-state index in [0.717, 1.165) is 6.42 Å². The average Bonchev–Trinajstić information content (AvgIpc) is 1.87. The fourth-order valence-corrected chi connectivity index (χ4v) is 0.616. The Hall–Kier alpha value is -0.350. The van der Waals surface area contributed by atoms with Gasteiger partial charge in [-0.05, 0) is 25.6 Å². The highest BCUT2D eigenvalue weighted by atomic mass is 32.1. The third kappa shape index (κ3) is 3.63. The van der Waals surface area contributed by atoms with Crippen molar-refractivity contribution in [3.63, 3.8) is 0 Å². The molecule has 0 aliphatic heterocycles. The summed E-state index contributed by atoms with van der Waals surface area (Å²) in [5.41, 5.74) is 0. The van der Waals surface area contributed by atoms with Gasteiger partial charge in [0.2, 0.25) is 0 Å². The van der Waals surface area contributed by atoms with Crippen molar-refractivity contribution in [3.05, 3.63) is 0 Å². The summed E-state index contributed by atoms with van der Waals surface area (Å²) in [6.45, 7) is 4.16. The van der Waals surface area contributed by atoms with Crippen LogP contribution < -0.4 is 11.2 Å². The lowest BCUT2D eigenvalue weighted by molar-refractivity contribution is 0.502. The molecular weight excluding hydrogens is 146 g/mol. The summed E-state index contributed by atoms with van der Waals surface area (Å²) >= 11 is 4.91. The molecule has 0 unspecified atom stereocenters. The molecule has 3 nitrogen and oxygen atoms in total. The van der Waals surface area contributed by atoms with Gasteiger partial charge in [-0.2, -0.15) is 0 Å². The summed E-state index contributed by atoms with van der Waals surface area (Å²) in [4.78, 5) is 0. The van der Waals surface area contributed by atoms with Gasteiger partial charge in [0, 0.05) is 13.1 Å². The van der Waals surface area contributed by atoms with Gasteiger partial charge in [-0.25, -0.2) is 5.84 Å². The van der Waals surface area contributed by atoms with Crippen LogP contribution in [0.4, 0.5) is 0 Å². The fraction of sp³-hybridized carbons (Fsp3) is 0.833. The molecule has 0 fully saturated rings. The van der Waals surface area contributed by atoms with Gasteiger partial charge in [-0.15, -0.1) is 0 Å². The Balaban J connectivity index is 3.57. The van der Waals surface area contributed by atoms with Gasteiger partial charge in [0.05, 0.1) is 0 Å². The predicted octanol–water partition coefficient (Wildman–Crippen LogP) is 0.465. The normalized spacial score (nSPS) is 12.4. The van der Waals surface area contributed by atoms with E-state index >= 15 is 0 Å². The first kappa shape index (κ1) is 9.65. The van der Waals surface area contributed by atoms with Gasteiger partial charge in [-0.3, -0.25) is 5.01 Å². The molecule has 0 bridgehead atoms. The minimum Gasteiger partial charge on any atom is -0.359 e. The topological polar surface area (TPSA) is 41.3 Å². The zero-order valence-corrected chi connectivity index (χ0v) is 7.53. The van der Waals surface area contributed by atoms with Crippen LogP contribution in [0.5, 0.6) is 0 Å². The molecule has 10 heavy (non-hydrogen) atoms. The maximum atomic E-state index is 5.37. The number of hydrazine groups is 1. The van der Waals surface area contributed by atoms with Crippen molar-refractivity contribution in [2.45, 2.75) is 26.3 Å². The van der Waals surface area contributed by atoms with Crippen LogP contribution in [0.3, 0.4) is 0 Å². The van der Waals surface area contributed by atoms with Crippen LogP contribution >= 0.6 is 12.2 Å². The maximum Gasteiger partial charge on any atom is 0.183 e. The summed E-state index contributed by atoms with van der Waals surface area (Å²) in [6.07, 6.45) is 1.05. The first-order valence-electron chi connectivity index (χ1n) is 3.36. The Bertz CT molecular complexity index is 114. The Labute approximate surface area is 67.5 Å². The van der Waals surface area contributed by atoms with Crippen LogP contribution in [0.15, 0.2) is 0 Å². The molecule has 0 aromatic carbocycles. The quantitative estimate of drug-likeness (QED) is 0.351. The molecule has 0 aliphatic rings. The van der Waals surface area contributed by atoms with Crippen molar-refractivity contribution in [2.75, 3.05) is 7.05 Å². The molecule has 3 N–H and O–H groups in total. The van der Waals surface area contributed by atoms with Crippen molar-refractivity contribution in [3.8, 4) is 0 Å². The number of thiocarbonyl (C=S) groups is 1. The summed E-state index contributed by atoms with van der Waals surface area (Å²) < 4.78 is 0. The van der Waals surface area contributed by atoms with Gasteiger partial charge in [-0.1, -0.05) is 6.92 Å². The second-order valence-corrected chi connectivity index (χ2v) is 2.76. The van der Waals surface area contributed by atoms with E-state index in [2.05, 4.69) is 19.2 Å². The number of hydrogen-bond acceptors (Lipinski definition) is 2. The van der Waals surface area contributed by atoms with Crippen LogP contribution in [-0.2, 0) is 0 Å². The SMILES string of the molecule is CC[C@H](C)NC(=S)N(C)N. The highest BCUT2D eigenvalue weighted by molar-refractivity contribution is 7.80. The molecule has 4 heteroatoms. The minimum atomic E-state index is 0.401. The van der Waals surface area contributed by atoms with Gasteiger partial charge in [0.25, 0.3) is 0 Å². The highest BCUT2D eigenvalue weighted by Crippen LogP contribution is 1.88. The number of nitrogens with two attached hydrogens (primary N) is 1. The molecule has 0 saturated heterocycles. The molecule has 0 aromatic heterocycles. The largest absolute Gasteiger partial charge is 0.359 e. The summed E-state index contributed by atoms with van der Waals surface area (Å²) in [7, 11) is 1.72. The zero-order valence-electron chi connectivity index (χ0n) is 6.72. The van der Waals surface area contributed by atoms with Gasteiger partial charge in [0.15, 0.2) is 5.11 Å². The van der Waals surface area contributed by atoms with E-state index in [1.807, 2.05) is 0 Å². The van der Waals surface area contributed by atoms with Crippen molar-refractivity contribution in [2.24, 2.45) is 5.84 Å². The summed E-state index contributed by atoms with van der Waals surface area (Å²) in [5, 5.41) is 5.06. The van der Waals surface area contributed by atoms with E-state index in [9.17, 15) is 0 Å². The van der Waals surface area contributed by atoms with Crippen molar-refractivity contribution in [1.82, 2.24) is 10.3 Å². The van der Waals surface area contributed by atoms with E-state index in [1.54, 1.807) is 7.05 Å². The maximum absolute atomic E-state index is 5.37. The second kappa shape index (κ2) is 4.46. The lowest BCUT2D eigenvalue weighted by Gasteiger charge is -2.18. The average molecular weight is 161 g/mol. The van der Waals surface area contributed by atoms with E-state index < -0.39 is 0 Å². The second-order valence-electron chi connectivity index (χ2n) is 2.37. The van der Waals surface area contributed by atoms with E-state index in [0.29, 0.717) is 11.2 Å². The monoisotopic (exact) mass is 161 g/mol. The van der Waals surface area contributed by atoms with Crippen molar-refractivity contribution in [1.29, 1.82) is 0 Å². The van der Waals surface area contributed by atoms with Gasteiger partial charge < -0.3 is 5.32 Å². The van der Waals surface area contributed by atoms with E-state index in [1.165, 1.54) is 5.01 Å². The first-order chi connectivity index (χ1) is 4.57. The third-order valence-electron chi connectivity index (χ3n) is 1.30. The Morgan fingerprint density at radius 2 is 2.30 bits per heavy atom. The molecule has 0 aromatic rings. The molecule has 1 atom stereocenters. The van der Waals surface area contributed by atoms with Gasteiger partial charge in [0.1, 0.15) is 0 Å². The number of rotatable bonds is 2. The van der Waals surface area contributed by atoms with Gasteiger partial charge >= 0.3 is 0 Å². The smallest absolute Gasteiger partial charge is 0.183 e. The van der Waals surface area contributed by atoms with E-state index in [4.69, 9.17) is 18.1 Å². The number of hydrogen-bond donors (Lipinski definition) is 2. The van der Waals surface area contributed by atoms with Crippen molar-refractivity contribution < 1.29 is 0 Å². The number of nitrogens with one attached hydrogen (secondary N) is 1. The Kier molecular flexibility index (Phi) is 4.31. The molecular formula is C6H15N3S. The molecule has 0 radical (unpaired) electrons. The fourth-order valence-electron chi connectivity index (χ4n) is 0.415. The molecule has 0 saturated carbocycles. The molecule has 0 heterocycles. The van der Waals surface area contributed by atoms with Crippen LogP contribution in [0, 0.1) is 0 Å². The standard InChI is InChI=1S/C6H15N3S/c1-4-5(2)8-6(10)9(3)7/h5H,4,7H2,1-3H3,(H,8,10)/t5-/m0/s1. The summed E-state index contributed by atoms with van der Waals surface area (Å²) in [5.74, 6) is 5.37. The van der Waals surface area contributed by atoms with Crippen LogP contribution in [0.1, 0.15) is 20.3 Å². The molecule has 0 amide bonds. The predicted molar refractivity (Wildman–Crippen MR) is 47.4 cm³/mol. The van der Waals surface area contributed by atoms with Crippen LogP contribution in [0.2, 0.25) is 0 Å². The molecule has 0 rings (SSSR count). The number of nitrogens with zero attached hydrogens (tertiary/aromatic N) is 1. The Morgan fingerprint density at radius 1 is 1.80 bits per heavy atom. The molecule has 60 valence electrons. The summed E-state index contributed by atoms with van der Waals surface area (Å²) in [6, 6.07) is 0.401. The zero-order chi connectivity index (χ0) is 8.15. The molecule has 0 aliphatic carbocycles. The molecule has 0 spiro atoms.